The van der Waals surface area contributed by atoms with Crippen LogP contribution < -0.4 is 16.2 Å². The zero-order valence-electron chi connectivity index (χ0n) is 16.3. The van der Waals surface area contributed by atoms with Gasteiger partial charge in [0.05, 0.1) is 33.3 Å². The summed E-state index contributed by atoms with van der Waals surface area (Å²) in [5.74, 6) is -0.737. The minimum absolute atomic E-state index is 0.00864. The van der Waals surface area contributed by atoms with Crippen molar-refractivity contribution in [2.24, 2.45) is 0 Å². The summed E-state index contributed by atoms with van der Waals surface area (Å²) in [5, 5.41) is 0.122. The number of nitrogens with one attached hydrogen (secondary N) is 2. The number of imidazole rings is 1. The number of hydrogen-bond donors (Lipinski definition) is 3. The molecule has 5 rings (SSSR count). The topological polar surface area (TPSA) is 94.0 Å². The van der Waals surface area contributed by atoms with Crippen LogP contribution in [0, 0.1) is 11.6 Å². The van der Waals surface area contributed by atoms with Gasteiger partial charge >= 0.3 is 0 Å². The molecule has 4 aromatic rings. The molecule has 0 unspecified atom stereocenters. The van der Waals surface area contributed by atoms with Gasteiger partial charge in [-0.25, -0.2) is 13.8 Å². The summed E-state index contributed by atoms with van der Waals surface area (Å²) in [6.45, 7) is 3.12. The Hall–Kier alpha value is -3.46. The van der Waals surface area contributed by atoms with Crippen LogP contribution in [-0.4, -0.2) is 53.1 Å². The third-order valence-electron chi connectivity index (χ3n) is 5.66. The van der Waals surface area contributed by atoms with Gasteiger partial charge in [-0.2, -0.15) is 0 Å². The van der Waals surface area contributed by atoms with Crippen LogP contribution in [0.5, 0.6) is 0 Å². The average molecular weight is 410 g/mol. The third kappa shape index (κ3) is 2.89. The first-order valence-electron chi connectivity index (χ1n) is 9.65. The minimum atomic E-state index is -0.540. The monoisotopic (exact) mass is 410 g/mol. The van der Waals surface area contributed by atoms with Gasteiger partial charge < -0.3 is 25.5 Å². The number of halogens is 2. The highest BCUT2D eigenvalue weighted by Crippen LogP contribution is 2.31. The van der Waals surface area contributed by atoms with Gasteiger partial charge in [0.15, 0.2) is 0 Å². The lowest BCUT2D eigenvalue weighted by Gasteiger charge is -2.34. The summed E-state index contributed by atoms with van der Waals surface area (Å²) in [6, 6.07) is 7.39. The number of aromatic nitrogens is 3. The van der Waals surface area contributed by atoms with Crippen LogP contribution in [0.15, 0.2) is 35.1 Å². The lowest BCUT2D eigenvalue weighted by Crippen LogP contribution is -2.44. The number of H-pyrrole nitrogens is 2. The molecule has 0 spiro atoms. The fourth-order valence-corrected chi connectivity index (χ4v) is 4.00. The van der Waals surface area contributed by atoms with Crippen LogP contribution in [0.2, 0.25) is 0 Å². The van der Waals surface area contributed by atoms with Crippen LogP contribution in [0.25, 0.3) is 33.3 Å². The summed E-state index contributed by atoms with van der Waals surface area (Å²) in [4.78, 5) is 26.9. The second-order valence-electron chi connectivity index (χ2n) is 7.60. The molecule has 2 aromatic heterocycles. The van der Waals surface area contributed by atoms with Gasteiger partial charge in [-0.1, -0.05) is 6.07 Å². The van der Waals surface area contributed by atoms with Gasteiger partial charge in [-0.15, -0.1) is 0 Å². The third-order valence-corrected chi connectivity index (χ3v) is 5.66. The molecule has 154 valence electrons. The molecule has 1 saturated heterocycles. The number of fused-ring (bicyclic) bond motifs is 2. The molecule has 1 fully saturated rings. The fraction of sp³-hybridized carbons (Fsp3) is 0.238. The summed E-state index contributed by atoms with van der Waals surface area (Å²) < 4.78 is 29.1. The minimum Gasteiger partial charge on any atom is -0.397 e. The van der Waals surface area contributed by atoms with Gasteiger partial charge in [-0.05, 0) is 25.2 Å². The van der Waals surface area contributed by atoms with Crippen molar-refractivity contribution < 1.29 is 8.78 Å². The summed E-state index contributed by atoms with van der Waals surface area (Å²) in [6.07, 6.45) is 0. The first-order chi connectivity index (χ1) is 14.4. The normalized spacial score (nSPS) is 15.4. The Kier molecular flexibility index (Phi) is 4.21. The van der Waals surface area contributed by atoms with Crippen molar-refractivity contribution in [3.05, 3.63) is 52.3 Å². The van der Waals surface area contributed by atoms with E-state index in [9.17, 15) is 13.6 Å². The van der Waals surface area contributed by atoms with Crippen LogP contribution in [0.1, 0.15) is 0 Å². The summed E-state index contributed by atoms with van der Waals surface area (Å²) >= 11 is 0. The number of nitrogen functional groups attached to an aromatic ring is 1. The molecule has 0 radical (unpaired) electrons. The first-order valence-corrected chi connectivity index (χ1v) is 9.65. The van der Waals surface area contributed by atoms with E-state index < -0.39 is 11.4 Å². The zero-order valence-corrected chi connectivity index (χ0v) is 16.3. The molecule has 0 aliphatic carbocycles. The van der Waals surface area contributed by atoms with E-state index in [1.54, 1.807) is 12.1 Å². The molecule has 0 amide bonds. The van der Waals surface area contributed by atoms with E-state index in [4.69, 9.17) is 5.73 Å². The number of aromatic amines is 2. The molecule has 3 heterocycles. The molecular formula is C21H20F2N6O. The van der Waals surface area contributed by atoms with E-state index in [2.05, 4.69) is 19.9 Å². The Morgan fingerprint density at radius 3 is 2.57 bits per heavy atom. The standard InChI is InChI=1S/C21H20F2N6O/c1-28-5-7-29(8-6-28)16-10-15-14(9-12(16)23)25-20(26-15)18-19(24)17-11(22)3-2-4-13(17)27-21(18)30/h2-4,9-10H,5-8H2,1H3,(H,25,26)(H3,24,27,30). The molecule has 9 heteroatoms. The molecule has 7 nitrogen and oxygen atoms in total. The van der Waals surface area contributed by atoms with E-state index >= 15 is 0 Å². The van der Waals surface area contributed by atoms with E-state index in [0.29, 0.717) is 35.3 Å². The van der Waals surface area contributed by atoms with Crippen molar-refractivity contribution in [3.63, 3.8) is 0 Å². The maximum absolute atomic E-state index is 14.8. The summed E-state index contributed by atoms with van der Waals surface area (Å²) in [5.41, 5.74) is 7.41. The van der Waals surface area contributed by atoms with Crippen molar-refractivity contribution >= 4 is 33.3 Å². The largest absolute Gasteiger partial charge is 0.397 e. The fourth-order valence-electron chi connectivity index (χ4n) is 4.00. The van der Waals surface area contributed by atoms with Gasteiger partial charge in [0.1, 0.15) is 23.0 Å². The Morgan fingerprint density at radius 1 is 1.03 bits per heavy atom. The molecule has 0 saturated carbocycles. The van der Waals surface area contributed by atoms with Crippen molar-refractivity contribution in [2.45, 2.75) is 0 Å². The number of benzene rings is 2. The number of anilines is 2. The van der Waals surface area contributed by atoms with E-state index in [1.165, 1.54) is 18.2 Å². The van der Waals surface area contributed by atoms with Crippen LogP contribution in [0.3, 0.4) is 0 Å². The van der Waals surface area contributed by atoms with Crippen molar-refractivity contribution in [1.82, 2.24) is 19.9 Å². The smallest absolute Gasteiger partial charge is 0.261 e. The Balaban J connectivity index is 1.64. The predicted octanol–water partition coefficient (Wildman–Crippen LogP) is 2.68. The molecule has 2 aromatic carbocycles. The molecular weight excluding hydrogens is 390 g/mol. The number of nitrogens with two attached hydrogens (primary N) is 1. The second kappa shape index (κ2) is 6.81. The number of nitrogens with zero attached hydrogens (tertiary/aromatic N) is 3. The molecule has 1 aliphatic rings. The zero-order chi connectivity index (χ0) is 21.0. The van der Waals surface area contributed by atoms with Crippen molar-refractivity contribution in [1.29, 1.82) is 0 Å². The van der Waals surface area contributed by atoms with Crippen LogP contribution in [-0.2, 0) is 0 Å². The number of hydrogen-bond acceptors (Lipinski definition) is 5. The number of likely N-dealkylation sites (N-methyl/N-ethyl adjacent to an activating group) is 1. The van der Waals surface area contributed by atoms with Gasteiger partial charge in [0.2, 0.25) is 0 Å². The molecule has 0 bridgehead atoms. The molecule has 0 atom stereocenters. The first kappa shape index (κ1) is 18.6. The number of pyridine rings is 1. The van der Waals surface area contributed by atoms with Crippen LogP contribution >= 0.6 is 0 Å². The Labute approximate surface area is 170 Å². The molecule has 4 N–H and O–H groups in total. The van der Waals surface area contributed by atoms with Gasteiger partial charge in [0.25, 0.3) is 5.56 Å². The summed E-state index contributed by atoms with van der Waals surface area (Å²) in [7, 11) is 2.03. The maximum Gasteiger partial charge on any atom is 0.261 e. The Bertz CT molecular complexity index is 1340. The maximum atomic E-state index is 14.8. The highest BCUT2D eigenvalue weighted by molar-refractivity contribution is 5.98. The lowest BCUT2D eigenvalue weighted by molar-refractivity contribution is 0.312. The van der Waals surface area contributed by atoms with Gasteiger partial charge in [0, 0.05) is 32.2 Å². The number of rotatable bonds is 2. The van der Waals surface area contributed by atoms with Crippen molar-refractivity contribution in [2.75, 3.05) is 43.9 Å². The SMILES string of the molecule is CN1CCN(c2cc3nc(-c4c(N)c5c(F)cccc5[nH]c4=O)[nH]c3cc2F)CC1. The van der Waals surface area contributed by atoms with Gasteiger partial charge in [-0.3, -0.25) is 4.79 Å². The average Bonchev–Trinajstić information content (AvgIpc) is 3.10. The number of piperazine rings is 1. The van der Waals surface area contributed by atoms with E-state index in [-0.39, 0.29) is 28.3 Å². The lowest BCUT2D eigenvalue weighted by atomic mass is 10.1. The van der Waals surface area contributed by atoms with Crippen LogP contribution in [0.4, 0.5) is 20.2 Å². The van der Waals surface area contributed by atoms with Crippen molar-refractivity contribution in [3.8, 4) is 11.4 Å². The quantitative estimate of drug-likeness (QED) is 0.472. The highest BCUT2D eigenvalue weighted by Gasteiger charge is 2.21. The predicted molar refractivity (Wildman–Crippen MR) is 114 cm³/mol. The Morgan fingerprint density at radius 2 is 1.80 bits per heavy atom. The molecule has 1 aliphatic heterocycles. The molecule has 30 heavy (non-hydrogen) atoms. The second-order valence-corrected chi connectivity index (χ2v) is 7.60. The highest BCUT2D eigenvalue weighted by atomic mass is 19.1. The van der Waals surface area contributed by atoms with E-state index in [0.717, 1.165) is 13.1 Å². The van der Waals surface area contributed by atoms with E-state index in [1.807, 2.05) is 11.9 Å².